The smallest absolute Gasteiger partial charge is 0.407 e. The molecule has 3 aliphatic carbocycles. The zero-order valence-corrected chi connectivity index (χ0v) is 19.6. The summed E-state index contributed by atoms with van der Waals surface area (Å²) in [6.07, 6.45) is 3.08. The van der Waals surface area contributed by atoms with Gasteiger partial charge in [0.05, 0.1) is 11.3 Å². The summed E-state index contributed by atoms with van der Waals surface area (Å²) in [7, 11) is 0. The van der Waals surface area contributed by atoms with Crippen LogP contribution < -0.4 is 5.32 Å². The molecule has 0 bridgehead atoms. The van der Waals surface area contributed by atoms with E-state index in [0.717, 1.165) is 30.4 Å². The number of carbonyl (C=O) groups is 3. The highest BCUT2D eigenvalue weighted by Crippen LogP contribution is 2.58. The normalized spacial score (nSPS) is 24.8. The molecule has 6 rings (SSSR count). The number of nitrogens with zero attached hydrogens (tertiary/aromatic N) is 1. The van der Waals surface area contributed by atoms with Gasteiger partial charge in [-0.3, -0.25) is 9.59 Å². The van der Waals surface area contributed by atoms with Crippen molar-refractivity contribution in [2.45, 2.75) is 31.6 Å². The number of alkyl carbamates (subject to hydrolysis) is 1. The lowest BCUT2D eigenvalue weighted by Crippen LogP contribution is -2.43. The molecule has 3 unspecified atom stereocenters. The Kier molecular flexibility index (Phi) is 5.31. The zero-order valence-electron chi connectivity index (χ0n) is 19.6. The molecule has 1 aliphatic heterocycles. The van der Waals surface area contributed by atoms with Crippen molar-refractivity contribution in [1.82, 2.24) is 10.2 Å². The van der Waals surface area contributed by atoms with Crippen molar-refractivity contribution in [3.8, 4) is 11.1 Å². The van der Waals surface area contributed by atoms with E-state index in [-0.39, 0.29) is 43.4 Å². The molecule has 35 heavy (non-hydrogen) atoms. The number of hydrogen-bond acceptors (Lipinski definition) is 4. The maximum atomic E-state index is 13.2. The number of ether oxygens (including phenoxy) is 1. The summed E-state index contributed by atoms with van der Waals surface area (Å²) in [6.45, 7) is 1.25. The van der Waals surface area contributed by atoms with Gasteiger partial charge >= 0.3 is 12.1 Å². The number of likely N-dealkylation sites (tertiary alicyclic amines) is 1. The SMILES string of the molecule is O=C(NCC(CC1CC1)C(=O)N1CC2CC2(C(=O)O)C1)OCC1c2ccccc2-c2ccccc21. The lowest BCUT2D eigenvalue weighted by atomic mass is 9.98. The number of fused-ring (bicyclic) bond motifs is 4. The molecule has 0 aromatic heterocycles. The number of piperidine rings is 1. The number of amides is 2. The molecule has 7 heteroatoms. The first kappa shape index (κ1) is 22.1. The highest BCUT2D eigenvalue weighted by Gasteiger charge is 2.66. The first-order chi connectivity index (χ1) is 17.0. The molecular formula is C28H30N2O5. The first-order valence-corrected chi connectivity index (χ1v) is 12.6. The van der Waals surface area contributed by atoms with E-state index < -0.39 is 17.5 Å². The van der Waals surface area contributed by atoms with Gasteiger partial charge in [-0.15, -0.1) is 0 Å². The Morgan fingerprint density at radius 3 is 2.31 bits per heavy atom. The molecule has 7 nitrogen and oxygen atoms in total. The van der Waals surface area contributed by atoms with E-state index in [1.165, 1.54) is 11.1 Å². The molecule has 2 aromatic rings. The van der Waals surface area contributed by atoms with Gasteiger partial charge in [0, 0.05) is 25.6 Å². The fourth-order valence-corrected chi connectivity index (χ4v) is 6.12. The quantitative estimate of drug-likeness (QED) is 0.606. The van der Waals surface area contributed by atoms with Gasteiger partial charge in [-0.2, -0.15) is 0 Å². The van der Waals surface area contributed by atoms with Crippen molar-refractivity contribution in [2.24, 2.45) is 23.2 Å². The molecular weight excluding hydrogens is 444 g/mol. The van der Waals surface area contributed by atoms with Crippen molar-refractivity contribution in [3.63, 3.8) is 0 Å². The van der Waals surface area contributed by atoms with E-state index in [4.69, 9.17) is 4.74 Å². The topological polar surface area (TPSA) is 95.9 Å². The Morgan fingerprint density at radius 2 is 1.71 bits per heavy atom. The summed E-state index contributed by atoms with van der Waals surface area (Å²) in [5.74, 6) is -0.608. The minimum Gasteiger partial charge on any atom is -0.481 e. The summed E-state index contributed by atoms with van der Waals surface area (Å²) in [4.78, 5) is 39.2. The number of nitrogens with one attached hydrogen (secondary N) is 1. The molecule has 3 fully saturated rings. The minimum absolute atomic E-state index is 0.0134. The summed E-state index contributed by atoms with van der Waals surface area (Å²) in [6, 6.07) is 16.4. The number of carbonyl (C=O) groups excluding carboxylic acids is 2. The standard InChI is InChI=1S/C28H30N2O5/c31-25(30-14-19-12-28(19,16-30)26(32)33)18(11-17-9-10-17)13-29-27(34)35-15-24-22-7-3-1-5-20(22)21-6-2-4-8-23(21)24/h1-8,17-19,24H,9-16H2,(H,29,34)(H,32,33). The molecule has 2 N–H and O–H groups in total. The number of carboxylic acids is 1. The molecule has 4 aliphatic rings. The van der Waals surface area contributed by atoms with Crippen molar-refractivity contribution in [2.75, 3.05) is 26.2 Å². The van der Waals surface area contributed by atoms with E-state index in [0.29, 0.717) is 18.9 Å². The zero-order chi connectivity index (χ0) is 24.2. The Hall–Kier alpha value is -3.35. The van der Waals surface area contributed by atoms with Crippen LogP contribution in [0.2, 0.25) is 0 Å². The largest absolute Gasteiger partial charge is 0.481 e. The Labute approximate surface area is 204 Å². The third kappa shape index (κ3) is 3.97. The van der Waals surface area contributed by atoms with Gasteiger partial charge in [-0.25, -0.2) is 4.79 Å². The van der Waals surface area contributed by atoms with Gasteiger partial charge < -0.3 is 20.1 Å². The van der Waals surface area contributed by atoms with Gasteiger partial charge in [-0.1, -0.05) is 61.4 Å². The van der Waals surface area contributed by atoms with Crippen LogP contribution in [-0.2, 0) is 14.3 Å². The highest BCUT2D eigenvalue weighted by atomic mass is 16.5. The minimum atomic E-state index is -0.798. The molecule has 2 saturated carbocycles. The molecule has 0 spiro atoms. The van der Waals surface area contributed by atoms with Crippen LogP contribution >= 0.6 is 0 Å². The van der Waals surface area contributed by atoms with Gasteiger partial charge in [-0.05, 0) is 46.9 Å². The average Bonchev–Trinajstić information content (AvgIpc) is 3.76. The fourth-order valence-electron chi connectivity index (χ4n) is 6.12. The van der Waals surface area contributed by atoms with Crippen LogP contribution in [0, 0.1) is 23.2 Å². The van der Waals surface area contributed by atoms with Crippen molar-refractivity contribution < 1.29 is 24.2 Å². The molecule has 182 valence electrons. The second kappa shape index (κ2) is 8.40. The number of hydrogen-bond donors (Lipinski definition) is 2. The molecule has 2 amide bonds. The number of rotatable bonds is 8. The van der Waals surface area contributed by atoms with E-state index in [1.54, 1.807) is 4.90 Å². The molecule has 2 aromatic carbocycles. The molecule has 1 saturated heterocycles. The van der Waals surface area contributed by atoms with E-state index >= 15 is 0 Å². The lowest BCUT2D eigenvalue weighted by Gasteiger charge is -2.26. The van der Waals surface area contributed by atoms with Crippen LogP contribution in [-0.4, -0.2) is 54.2 Å². The van der Waals surface area contributed by atoms with Gasteiger partial charge in [0.2, 0.25) is 5.91 Å². The van der Waals surface area contributed by atoms with Gasteiger partial charge in [0.25, 0.3) is 0 Å². The lowest BCUT2D eigenvalue weighted by molar-refractivity contribution is -0.144. The summed E-state index contributed by atoms with van der Waals surface area (Å²) in [5, 5.41) is 12.4. The van der Waals surface area contributed by atoms with Crippen LogP contribution in [0.15, 0.2) is 48.5 Å². The Morgan fingerprint density at radius 1 is 1.06 bits per heavy atom. The highest BCUT2D eigenvalue weighted by molar-refractivity contribution is 5.85. The van der Waals surface area contributed by atoms with Crippen molar-refractivity contribution >= 4 is 18.0 Å². The van der Waals surface area contributed by atoms with Crippen molar-refractivity contribution in [1.29, 1.82) is 0 Å². The summed E-state index contributed by atoms with van der Waals surface area (Å²) in [5.41, 5.74) is 3.93. The summed E-state index contributed by atoms with van der Waals surface area (Å²) >= 11 is 0. The monoisotopic (exact) mass is 474 g/mol. The Bertz CT molecular complexity index is 1150. The number of aliphatic carboxylic acids is 1. The van der Waals surface area contributed by atoms with Crippen LogP contribution in [0.3, 0.4) is 0 Å². The maximum absolute atomic E-state index is 13.2. The van der Waals surface area contributed by atoms with Gasteiger partial charge in [0.1, 0.15) is 6.61 Å². The van der Waals surface area contributed by atoms with Crippen LogP contribution in [0.5, 0.6) is 0 Å². The molecule has 1 heterocycles. The second-order valence-corrected chi connectivity index (χ2v) is 10.7. The predicted molar refractivity (Wildman–Crippen MR) is 129 cm³/mol. The van der Waals surface area contributed by atoms with E-state index in [1.807, 2.05) is 24.3 Å². The van der Waals surface area contributed by atoms with Crippen LogP contribution in [0.4, 0.5) is 4.79 Å². The second-order valence-electron chi connectivity index (χ2n) is 10.7. The molecule has 0 radical (unpaired) electrons. The molecule has 3 atom stereocenters. The maximum Gasteiger partial charge on any atom is 0.407 e. The van der Waals surface area contributed by atoms with Gasteiger partial charge in [0.15, 0.2) is 0 Å². The van der Waals surface area contributed by atoms with E-state index in [9.17, 15) is 19.5 Å². The first-order valence-electron chi connectivity index (χ1n) is 12.6. The number of carboxylic acid groups (broad SMARTS) is 1. The average molecular weight is 475 g/mol. The summed E-state index contributed by atoms with van der Waals surface area (Å²) < 4.78 is 5.63. The Balaban J connectivity index is 1.07. The van der Waals surface area contributed by atoms with Crippen molar-refractivity contribution in [3.05, 3.63) is 59.7 Å². The van der Waals surface area contributed by atoms with Crippen LogP contribution in [0.1, 0.15) is 42.7 Å². The third-order valence-corrected chi connectivity index (χ3v) is 8.38. The van der Waals surface area contributed by atoms with Crippen LogP contribution in [0.25, 0.3) is 11.1 Å². The number of benzene rings is 2. The fraction of sp³-hybridized carbons (Fsp3) is 0.464. The third-order valence-electron chi connectivity index (χ3n) is 8.38. The van der Waals surface area contributed by atoms with E-state index in [2.05, 4.69) is 29.6 Å². The predicted octanol–water partition coefficient (Wildman–Crippen LogP) is 3.87.